The molecule has 2 rings (SSSR count). The highest BCUT2D eigenvalue weighted by molar-refractivity contribution is 5.79. The average molecular weight is 249 g/mol. The maximum Gasteiger partial charge on any atom is 0.136 e. The molecule has 4 N–H and O–H groups in total. The fourth-order valence-corrected chi connectivity index (χ4v) is 2.24. The molecule has 0 saturated carbocycles. The summed E-state index contributed by atoms with van der Waals surface area (Å²) >= 11 is 0. The Morgan fingerprint density at radius 2 is 2.06 bits per heavy atom. The van der Waals surface area contributed by atoms with Gasteiger partial charge in [-0.05, 0) is 24.1 Å². The van der Waals surface area contributed by atoms with Gasteiger partial charge in [0.2, 0.25) is 0 Å². The highest BCUT2D eigenvalue weighted by Crippen LogP contribution is 2.27. The first-order chi connectivity index (χ1) is 8.58. The van der Waals surface area contributed by atoms with Gasteiger partial charge in [-0.15, -0.1) is 0 Å². The van der Waals surface area contributed by atoms with E-state index in [1.54, 1.807) is 12.1 Å². The Balaban J connectivity index is 2.66. The number of benzene rings is 1. The molecule has 0 bridgehead atoms. The molecule has 0 aliphatic heterocycles. The third-order valence-corrected chi connectivity index (χ3v) is 3.22. The summed E-state index contributed by atoms with van der Waals surface area (Å²) in [6.45, 7) is 3.93. The summed E-state index contributed by atoms with van der Waals surface area (Å²) in [5, 5.41) is 19.0. The topological polar surface area (TPSA) is 84.3 Å². The zero-order valence-corrected chi connectivity index (χ0v) is 10.7. The Hall–Kier alpha value is -1.59. The molecule has 1 heterocycles. The first-order valence-corrected chi connectivity index (χ1v) is 6.06. The first kappa shape index (κ1) is 12.9. The van der Waals surface area contributed by atoms with E-state index in [9.17, 15) is 10.2 Å². The number of hydrogen-bond acceptors (Lipinski definition) is 4. The van der Waals surface area contributed by atoms with Crippen LogP contribution in [0.2, 0.25) is 0 Å². The van der Waals surface area contributed by atoms with E-state index >= 15 is 0 Å². The summed E-state index contributed by atoms with van der Waals surface area (Å²) in [5.74, 6) is 0.804. The van der Waals surface area contributed by atoms with Crippen LogP contribution in [0, 0.1) is 5.92 Å². The number of hydrogen-bond donors (Lipinski definition) is 3. The van der Waals surface area contributed by atoms with Crippen molar-refractivity contribution >= 4 is 16.7 Å². The maximum absolute atomic E-state index is 9.55. The molecule has 2 aromatic rings. The number of nitrogens with zero attached hydrogens (tertiary/aromatic N) is 2. The lowest BCUT2D eigenvalue weighted by Gasteiger charge is -2.22. The van der Waals surface area contributed by atoms with Gasteiger partial charge in [-0.25, -0.2) is 4.98 Å². The fourth-order valence-electron chi connectivity index (χ4n) is 2.24. The van der Waals surface area contributed by atoms with Crippen molar-refractivity contribution in [1.29, 1.82) is 0 Å². The van der Waals surface area contributed by atoms with Crippen LogP contribution >= 0.6 is 0 Å². The van der Waals surface area contributed by atoms with E-state index in [1.165, 1.54) is 0 Å². The van der Waals surface area contributed by atoms with Gasteiger partial charge >= 0.3 is 0 Å². The molecule has 1 unspecified atom stereocenters. The minimum Gasteiger partial charge on any atom is -0.399 e. The summed E-state index contributed by atoms with van der Waals surface area (Å²) in [7, 11) is 0. The van der Waals surface area contributed by atoms with Crippen LogP contribution in [0.1, 0.15) is 25.7 Å². The molecule has 1 aromatic heterocycles. The molecule has 0 amide bonds. The lowest BCUT2D eigenvalue weighted by Crippen LogP contribution is -2.21. The minimum atomic E-state index is -0.155. The Morgan fingerprint density at radius 1 is 1.33 bits per heavy atom. The van der Waals surface area contributed by atoms with Crippen molar-refractivity contribution in [3.63, 3.8) is 0 Å². The third-order valence-electron chi connectivity index (χ3n) is 3.22. The van der Waals surface area contributed by atoms with Gasteiger partial charge in [0.05, 0.1) is 23.7 Å². The van der Waals surface area contributed by atoms with E-state index in [4.69, 9.17) is 5.73 Å². The second-order valence-electron chi connectivity index (χ2n) is 4.80. The number of imidazole rings is 1. The minimum absolute atomic E-state index is 0.0144. The normalized spacial score (nSPS) is 13.4. The van der Waals surface area contributed by atoms with E-state index in [0.29, 0.717) is 11.5 Å². The van der Waals surface area contributed by atoms with Crippen molar-refractivity contribution in [3.8, 4) is 0 Å². The van der Waals surface area contributed by atoms with Crippen molar-refractivity contribution < 1.29 is 10.2 Å². The molecule has 98 valence electrons. The molecule has 5 nitrogen and oxygen atoms in total. The van der Waals surface area contributed by atoms with Crippen molar-refractivity contribution in [2.75, 3.05) is 12.3 Å². The summed E-state index contributed by atoms with van der Waals surface area (Å²) < 4.78 is 1.90. The highest BCUT2D eigenvalue weighted by atomic mass is 16.3. The molecule has 5 heteroatoms. The highest BCUT2D eigenvalue weighted by Gasteiger charge is 2.20. The maximum atomic E-state index is 9.55. The molecule has 0 fully saturated rings. The van der Waals surface area contributed by atoms with Gasteiger partial charge in [0.1, 0.15) is 12.4 Å². The number of fused-ring (bicyclic) bond motifs is 1. The Labute approximate surface area is 106 Å². The van der Waals surface area contributed by atoms with Crippen LogP contribution in [0.3, 0.4) is 0 Å². The van der Waals surface area contributed by atoms with Crippen molar-refractivity contribution in [2.45, 2.75) is 26.5 Å². The van der Waals surface area contributed by atoms with E-state index in [2.05, 4.69) is 4.98 Å². The van der Waals surface area contributed by atoms with E-state index in [1.807, 2.05) is 24.5 Å². The Bertz CT molecular complexity index is 548. The monoisotopic (exact) mass is 249 g/mol. The van der Waals surface area contributed by atoms with Crippen LogP contribution in [0.15, 0.2) is 18.2 Å². The van der Waals surface area contributed by atoms with Crippen molar-refractivity contribution in [1.82, 2.24) is 9.55 Å². The van der Waals surface area contributed by atoms with Gasteiger partial charge in [0.25, 0.3) is 0 Å². The van der Waals surface area contributed by atoms with Crippen molar-refractivity contribution in [3.05, 3.63) is 24.0 Å². The zero-order chi connectivity index (χ0) is 13.3. The summed E-state index contributed by atoms with van der Waals surface area (Å²) in [6.07, 6.45) is 0. The summed E-state index contributed by atoms with van der Waals surface area (Å²) in [4.78, 5) is 4.37. The van der Waals surface area contributed by atoms with Gasteiger partial charge in [-0.1, -0.05) is 13.8 Å². The molecule has 0 radical (unpaired) electrons. The predicted molar refractivity (Wildman–Crippen MR) is 71.0 cm³/mol. The van der Waals surface area contributed by atoms with Crippen LogP contribution in [0.4, 0.5) is 5.69 Å². The number of aromatic nitrogens is 2. The van der Waals surface area contributed by atoms with Crippen LogP contribution in [-0.2, 0) is 6.61 Å². The summed E-state index contributed by atoms with van der Waals surface area (Å²) in [6, 6.07) is 5.36. The van der Waals surface area contributed by atoms with E-state index in [0.717, 1.165) is 11.0 Å². The summed E-state index contributed by atoms with van der Waals surface area (Å²) in [5.41, 5.74) is 8.01. The lowest BCUT2D eigenvalue weighted by molar-refractivity contribution is 0.183. The molecular formula is C13H19N3O2. The molecule has 0 spiro atoms. The molecule has 1 aromatic carbocycles. The van der Waals surface area contributed by atoms with Crippen LogP contribution in [0.5, 0.6) is 0 Å². The van der Waals surface area contributed by atoms with Crippen molar-refractivity contribution in [2.24, 2.45) is 5.92 Å². The Morgan fingerprint density at radius 3 is 2.61 bits per heavy atom. The average Bonchev–Trinajstić information content (AvgIpc) is 2.67. The van der Waals surface area contributed by atoms with Gasteiger partial charge in [-0.2, -0.15) is 0 Å². The number of anilines is 1. The molecule has 0 saturated heterocycles. The molecular weight excluding hydrogens is 230 g/mol. The quantitative estimate of drug-likeness (QED) is 0.713. The van der Waals surface area contributed by atoms with E-state index < -0.39 is 0 Å². The molecule has 0 aliphatic rings. The van der Waals surface area contributed by atoms with Gasteiger partial charge in [0, 0.05) is 5.69 Å². The van der Waals surface area contributed by atoms with Gasteiger partial charge in [0.15, 0.2) is 0 Å². The Kier molecular flexibility index (Phi) is 3.54. The van der Waals surface area contributed by atoms with E-state index in [-0.39, 0.29) is 25.2 Å². The number of nitrogen functional groups attached to an aromatic ring is 1. The van der Waals surface area contributed by atoms with Crippen LogP contribution < -0.4 is 5.73 Å². The van der Waals surface area contributed by atoms with Gasteiger partial charge in [-0.3, -0.25) is 0 Å². The second-order valence-corrected chi connectivity index (χ2v) is 4.80. The number of nitrogens with two attached hydrogens (primary N) is 1. The zero-order valence-electron chi connectivity index (χ0n) is 10.7. The van der Waals surface area contributed by atoms with Gasteiger partial charge < -0.3 is 20.5 Å². The fraction of sp³-hybridized carbons (Fsp3) is 0.462. The smallest absolute Gasteiger partial charge is 0.136 e. The SMILES string of the molecule is CC(C)C(CO)n1c(CO)nc2cc(N)ccc21. The lowest BCUT2D eigenvalue weighted by atomic mass is 10.0. The largest absolute Gasteiger partial charge is 0.399 e. The number of rotatable bonds is 4. The standard InChI is InChI=1S/C13H19N3O2/c1-8(2)12(6-17)16-11-4-3-9(14)5-10(11)15-13(16)7-18/h3-5,8,12,17-18H,6-7,14H2,1-2H3. The molecule has 1 atom stereocenters. The number of aliphatic hydroxyl groups is 2. The van der Waals surface area contributed by atoms with Crippen LogP contribution in [-0.4, -0.2) is 26.4 Å². The van der Waals surface area contributed by atoms with Crippen LogP contribution in [0.25, 0.3) is 11.0 Å². The molecule has 18 heavy (non-hydrogen) atoms. The third kappa shape index (κ3) is 2.07. The second kappa shape index (κ2) is 4.96. The predicted octanol–water partition coefficient (Wildman–Crippen LogP) is 1.30. The first-order valence-electron chi connectivity index (χ1n) is 6.06. The molecule has 0 aliphatic carbocycles. The number of aliphatic hydroxyl groups excluding tert-OH is 2.